The molecule has 9 nitrogen and oxygen atoms in total. The highest BCUT2D eigenvalue weighted by atomic mass is 16.7. The second kappa shape index (κ2) is 15.9. The molecule has 1 aliphatic heterocycles. The van der Waals surface area contributed by atoms with Gasteiger partial charge < -0.3 is 39.4 Å². The van der Waals surface area contributed by atoms with Crippen LogP contribution in [0.2, 0.25) is 0 Å². The van der Waals surface area contributed by atoms with Gasteiger partial charge in [0.2, 0.25) is 0 Å². The number of aliphatic hydroxyl groups excluding tert-OH is 4. The molecule has 0 aromatic carbocycles. The first-order valence-electron chi connectivity index (χ1n) is 11.1. The fraction of sp³-hybridized carbons (Fsp3) is 0.952. The number of unbranched alkanes of at least 4 members (excludes halogenated alkanes) is 5. The van der Waals surface area contributed by atoms with Gasteiger partial charge >= 0.3 is 5.97 Å². The number of carbonyl (C=O) groups excluding carboxylic acids is 1. The quantitative estimate of drug-likeness (QED) is 0.205. The average Bonchev–Trinajstić information content (AvgIpc) is 2.73. The maximum Gasteiger partial charge on any atom is 0.306 e. The van der Waals surface area contributed by atoms with E-state index < -0.39 is 43.4 Å². The van der Waals surface area contributed by atoms with Crippen molar-refractivity contribution in [2.24, 2.45) is 0 Å². The number of hydrogen-bond acceptors (Lipinski definition) is 9. The highest BCUT2D eigenvalue weighted by molar-refractivity contribution is 5.69. The van der Waals surface area contributed by atoms with Gasteiger partial charge in [-0.2, -0.15) is 0 Å². The minimum absolute atomic E-state index is 0.116. The van der Waals surface area contributed by atoms with E-state index >= 15 is 0 Å². The van der Waals surface area contributed by atoms with E-state index in [4.69, 9.17) is 18.9 Å². The molecule has 0 amide bonds. The molecule has 4 N–H and O–H groups in total. The smallest absolute Gasteiger partial charge is 0.306 e. The minimum atomic E-state index is -1.52. The number of rotatable bonds is 16. The van der Waals surface area contributed by atoms with Crippen LogP contribution in [0, 0.1) is 0 Å². The molecule has 6 unspecified atom stereocenters. The lowest BCUT2D eigenvalue weighted by molar-refractivity contribution is -0.305. The molecule has 0 bridgehead atoms. The Kier molecular flexibility index (Phi) is 14.4. The van der Waals surface area contributed by atoms with E-state index in [1.54, 1.807) is 0 Å². The Hall–Kier alpha value is -0.810. The average molecular weight is 437 g/mol. The lowest BCUT2D eigenvalue weighted by atomic mass is 9.99. The lowest BCUT2D eigenvalue weighted by Gasteiger charge is -2.39. The Balaban J connectivity index is 2.46. The van der Waals surface area contributed by atoms with Crippen LogP contribution in [0.5, 0.6) is 0 Å². The Labute approximate surface area is 179 Å². The lowest BCUT2D eigenvalue weighted by Crippen LogP contribution is -2.59. The summed E-state index contributed by atoms with van der Waals surface area (Å²) < 4.78 is 21.8. The highest BCUT2D eigenvalue weighted by Gasteiger charge is 2.44. The van der Waals surface area contributed by atoms with Gasteiger partial charge in [0.1, 0.15) is 30.5 Å². The van der Waals surface area contributed by atoms with Gasteiger partial charge in [-0.3, -0.25) is 4.79 Å². The summed E-state index contributed by atoms with van der Waals surface area (Å²) in [6.45, 7) is 4.08. The van der Waals surface area contributed by atoms with Crippen molar-refractivity contribution in [3.63, 3.8) is 0 Å². The van der Waals surface area contributed by atoms with E-state index in [1.807, 2.05) is 6.92 Å². The minimum Gasteiger partial charge on any atom is -0.457 e. The maximum absolute atomic E-state index is 11.9. The van der Waals surface area contributed by atoms with Gasteiger partial charge in [0.25, 0.3) is 0 Å². The monoisotopic (exact) mass is 436 g/mol. The van der Waals surface area contributed by atoms with Crippen molar-refractivity contribution in [1.29, 1.82) is 0 Å². The molecule has 0 aromatic rings. The van der Waals surface area contributed by atoms with Crippen molar-refractivity contribution in [3.8, 4) is 0 Å². The van der Waals surface area contributed by atoms with Crippen LogP contribution >= 0.6 is 0 Å². The maximum atomic E-state index is 11.9. The van der Waals surface area contributed by atoms with Crippen LogP contribution in [-0.4, -0.2) is 89.6 Å². The molecule has 9 heteroatoms. The number of esters is 1. The number of carbonyl (C=O) groups is 1. The van der Waals surface area contributed by atoms with Crippen molar-refractivity contribution in [1.82, 2.24) is 0 Å². The topological polar surface area (TPSA) is 135 Å². The molecule has 1 fully saturated rings. The summed E-state index contributed by atoms with van der Waals surface area (Å²) in [5.41, 5.74) is 0. The molecular formula is C21H40O9. The SMILES string of the molecule is CCCCCCCCOCC(COC1OC(CO)C(O)C(O)C1O)OC(=O)CCC. The zero-order chi connectivity index (χ0) is 22.4. The molecule has 178 valence electrons. The van der Waals surface area contributed by atoms with Crippen molar-refractivity contribution in [2.45, 2.75) is 102 Å². The number of hydrogen-bond donors (Lipinski definition) is 4. The predicted octanol–water partition coefficient (Wildman–Crippen LogP) is 0.892. The van der Waals surface area contributed by atoms with Crippen LogP contribution in [0.3, 0.4) is 0 Å². The van der Waals surface area contributed by atoms with Gasteiger partial charge in [-0.25, -0.2) is 0 Å². The van der Waals surface area contributed by atoms with Gasteiger partial charge in [0, 0.05) is 13.0 Å². The molecule has 1 aliphatic rings. The standard InChI is InChI=1S/C21H40O9/c1-3-5-6-7-8-9-11-27-13-15(29-17(23)10-4-2)14-28-21-20(26)19(25)18(24)16(12-22)30-21/h15-16,18-22,24-26H,3-14H2,1-2H3. The molecule has 0 radical (unpaired) electrons. The molecule has 0 saturated carbocycles. The van der Waals surface area contributed by atoms with Crippen LogP contribution in [0.4, 0.5) is 0 Å². The third-order valence-electron chi connectivity index (χ3n) is 4.99. The fourth-order valence-electron chi connectivity index (χ4n) is 3.17. The first kappa shape index (κ1) is 27.2. The summed E-state index contributed by atoms with van der Waals surface area (Å²) in [5.74, 6) is -0.372. The summed E-state index contributed by atoms with van der Waals surface area (Å²) in [6.07, 6.45) is 0.268. The van der Waals surface area contributed by atoms with Crippen molar-refractivity contribution >= 4 is 5.97 Å². The van der Waals surface area contributed by atoms with Gasteiger partial charge in [0.15, 0.2) is 6.29 Å². The van der Waals surface area contributed by atoms with Crippen molar-refractivity contribution in [3.05, 3.63) is 0 Å². The molecule has 0 aliphatic carbocycles. The summed E-state index contributed by atoms with van der Waals surface area (Å²) in [5, 5.41) is 39.0. The molecule has 0 aromatic heterocycles. The van der Waals surface area contributed by atoms with E-state index in [2.05, 4.69) is 6.92 Å². The van der Waals surface area contributed by atoms with Gasteiger partial charge in [-0.1, -0.05) is 46.0 Å². The first-order chi connectivity index (χ1) is 14.4. The predicted molar refractivity (Wildman–Crippen MR) is 109 cm³/mol. The Bertz CT molecular complexity index is 446. The third kappa shape index (κ3) is 10.00. The summed E-state index contributed by atoms with van der Waals surface area (Å²) in [6, 6.07) is 0. The first-order valence-corrected chi connectivity index (χ1v) is 11.1. The zero-order valence-electron chi connectivity index (χ0n) is 18.3. The normalized spacial score (nSPS) is 27.7. The van der Waals surface area contributed by atoms with Crippen LogP contribution in [-0.2, 0) is 23.7 Å². The van der Waals surface area contributed by atoms with Gasteiger partial charge in [-0.05, 0) is 12.8 Å². The second-order valence-electron chi connectivity index (χ2n) is 7.74. The molecule has 30 heavy (non-hydrogen) atoms. The van der Waals surface area contributed by atoms with Crippen LogP contribution in [0.25, 0.3) is 0 Å². The highest BCUT2D eigenvalue weighted by Crippen LogP contribution is 2.22. The molecular weight excluding hydrogens is 396 g/mol. The third-order valence-corrected chi connectivity index (χ3v) is 4.99. The van der Waals surface area contributed by atoms with Crippen LogP contribution in [0.1, 0.15) is 65.2 Å². The van der Waals surface area contributed by atoms with E-state index in [-0.39, 0.29) is 25.6 Å². The number of aliphatic hydroxyl groups is 4. The van der Waals surface area contributed by atoms with Crippen molar-refractivity contribution < 1.29 is 44.2 Å². The van der Waals surface area contributed by atoms with E-state index in [0.717, 1.165) is 12.8 Å². The van der Waals surface area contributed by atoms with Gasteiger partial charge in [0.05, 0.1) is 19.8 Å². The molecule has 0 spiro atoms. The Morgan fingerprint density at radius 2 is 1.63 bits per heavy atom. The molecule has 6 atom stereocenters. The Morgan fingerprint density at radius 3 is 2.30 bits per heavy atom. The summed E-state index contributed by atoms with van der Waals surface area (Å²) in [7, 11) is 0. The second-order valence-corrected chi connectivity index (χ2v) is 7.74. The fourth-order valence-corrected chi connectivity index (χ4v) is 3.17. The number of ether oxygens (including phenoxy) is 4. The molecule has 1 heterocycles. The van der Waals surface area contributed by atoms with Crippen molar-refractivity contribution in [2.75, 3.05) is 26.4 Å². The Morgan fingerprint density at radius 1 is 0.933 bits per heavy atom. The van der Waals surface area contributed by atoms with Crippen LogP contribution < -0.4 is 0 Å². The molecule has 1 rings (SSSR count). The van der Waals surface area contributed by atoms with E-state index in [1.165, 1.54) is 25.7 Å². The van der Waals surface area contributed by atoms with Gasteiger partial charge in [-0.15, -0.1) is 0 Å². The summed E-state index contributed by atoms with van der Waals surface area (Å²) in [4.78, 5) is 11.9. The molecule has 1 saturated heterocycles. The van der Waals surface area contributed by atoms with E-state index in [0.29, 0.717) is 13.0 Å². The summed E-state index contributed by atoms with van der Waals surface area (Å²) >= 11 is 0. The van der Waals surface area contributed by atoms with E-state index in [9.17, 15) is 25.2 Å². The van der Waals surface area contributed by atoms with Crippen LogP contribution in [0.15, 0.2) is 0 Å². The zero-order valence-corrected chi connectivity index (χ0v) is 18.3. The largest absolute Gasteiger partial charge is 0.457 e.